The maximum Gasteiger partial charge on any atom is 0.383 e. The summed E-state index contributed by atoms with van der Waals surface area (Å²) in [5.41, 5.74) is -1.26. The molecule has 0 aliphatic heterocycles. The van der Waals surface area contributed by atoms with Crippen LogP contribution in [0.5, 0.6) is 0 Å². The molecular formula is C8H9F4NO3. The number of carbonyl (C=O) groups excluding carboxylic acids is 1. The SMILES string of the molecule is O=C(O)C1(CNC(=O)C(F)(F)C(F)F)CC1. The van der Waals surface area contributed by atoms with Gasteiger partial charge in [0.1, 0.15) is 0 Å². The van der Waals surface area contributed by atoms with E-state index in [1.54, 1.807) is 0 Å². The largest absolute Gasteiger partial charge is 0.481 e. The van der Waals surface area contributed by atoms with Crippen molar-refractivity contribution in [3.05, 3.63) is 0 Å². The number of carboxylic acids is 1. The average Bonchev–Trinajstić information content (AvgIpc) is 2.94. The predicted octanol–water partition coefficient (Wildman–Crippen LogP) is 0.868. The zero-order valence-corrected chi connectivity index (χ0v) is 7.97. The molecule has 16 heavy (non-hydrogen) atoms. The minimum Gasteiger partial charge on any atom is -0.481 e. The van der Waals surface area contributed by atoms with E-state index in [9.17, 15) is 27.2 Å². The molecule has 1 aliphatic rings. The van der Waals surface area contributed by atoms with E-state index in [2.05, 4.69) is 0 Å². The number of nitrogens with one attached hydrogen (secondary N) is 1. The van der Waals surface area contributed by atoms with Crippen molar-refractivity contribution < 1.29 is 32.3 Å². The third-order valence-electron chi connectivity index (χ3n) is 2.47. The van der Waals surface area contributed by atoms with Gasteiger partial charge in [-0.3, -0.25) is 9.59 Å². The minimum atomic E-state index is -4.78. The zero-order valence-electron chi connectivity index (χ0n) is 7.97. The first-order valence-electron chi connectivity index (χ1n) is 4.40. The Balaban J connectivity index is 2.51. The van der Waals surface area contributed by atoms with E-state index >= 15 is 0 Å². The van der Waals surface area contributed by atoms with Gasteiger partial charge in [0.15, 0.2) is 0 Å². The molecule has 4 nitrogen and oxygen atoms in total. The first-order chi connectivity index (χ1) is 7.22. The number of aliphatic carboxylic acids is 1. The molecule has 0 saturated heterocycles. The fourth-order valence-electron chi connectivity index (χ4n) is 1.08. The second kappa shape index (κ2) is 3.91. The number of hydrogen-bond acceptors (Lipinski definition) is 2. The molecule has 8 heteroatoms. The fourth-order valence-corrected chi connectivity index (χ4v) is 1.08. The summed E-state index contributed by atoms with van der Waals surface area (Å²) in [5.74, 6) is -8.16. The summed E-state index contributed by atoms with van der Waals surface area (Å²) in [4.78, 5) is 21.3. The summed E-state index contributed by atoms with van der Waals surface area (Å²) in [5, 5.41) is 10.2. The van der Waals surface area contributed by atoms with Gasteiger partial charge >= 0.3 is 18.3 Å². The molecule has 0 aromatic heterocycles. The van der Waals surface area contributed by atoms with Crippen LogP contribution in [0.4, 0.5) is 17.6 Å². The lowest BCUT2D eigenvalue weighted by Gasteiger charge is -2.16. The Hall–Kier alpha value is -1.34. The van der Waals surface area contributed by atoms with Crippen molar-refractivity contribution in [2.24, 2.45) is 5.41 Å². The molecule has 1 saturated carbocycles. The van der Waals surface area contributed by atoms with Gasteiger partial charge in [0, 0.05) is 6.54 Å². The first kappa shape index (κ1) is 12.7. The van der Waals surface area contributed by atoms with Gasteiger partial charge in [0.2, 0.25) is 0 Å². The van der Waals surface area contributed by atoms with Crippen LogP contribution in [0.3, 0.4) is 0 Å². The monoisotopic (exact) mass is 243 g/mol. The standard InChI is InChI=1S/C8H9F4NO3/c9-4(10)8(11,12)5(14)13-3-7(1-2-7)6(15)16/h4H,1-3H2,(H,13,14)(H,15,16). The molecule has 0 atom stereocenters. The minimum absolute atomic E-state index is 0.239. The van der Waals surface area contributed by atoms with Crippen LogP contribution in [0.1, 0.15) is 12.8 Å². The molecule has 1 aliphatic carbocycles. The molecule has 0 aromatic rings. The lowest BCUT2D eigenvalue weighted by molar-refractivity contribution is -0.169. The molecule has 0 bridgehead atoms. The lowest BCUT2D eigenvalue weighted by Crippen LogP contribution is -2.47. The number of halogens is 4. The number of alkyl halides is 4. The smallest absolute Gasteiger partial charge is 0.383 e. The molecule has 0 heterocycles. The highest BCUT2D eigenvalue weighted by molar-refractivity contribution is 5.85. The van der Waals surface area contributed by atoms with Gasteiger partial charge < -0.3 is 10.4 Å². The number of amides is 1. The Labute approximate surface area is 87.6 Å². The van der Waals surface area contributed by atoms with Gasteiger partial charge in [-0.15, -0.1) is 0 Å². The van der Waals surface area contributed by atoms with Crippen molar-refractivity contribution in [1.82, 2.24) is 5.32 Å². The molecule has 0 spiro atoms. The molecule has 2 N–H and O–H groups in total. The summed E-state index contributed by atoms with van der Waals surface area (Å²) >= 11 is 0. The Morgan fingerprint density at radius 3 is 2.19 bits per heavy atom. The van der Waals surface area contributed by atoms with Crippen LogP contribution in [0, 0.1) is 5.41 Å². The van der Waals surface area contributed by atoms with Crippen LogP contribution in [0.15, 0.2) is 0 Å². The Morgan fingerprint density at radius 1 is 1.38 bits per heavy atom. The molecule has 0 aromatic carbocycles. The van der Waals surface area contributed by atoms with Gasteiger partial charge in [-0.1, -0.05) is 0 Å². The van der Waals surface area contributed by atoms with Gasteiger partial charge in [-0.2, -0.15) is 8.78 Å². The summed E-state index contributed by atoms with van der Waals surface area (Å²) in [6.07, 6.45) is -3.63. The number of rotatable bonds is 5. The van der Waals surface area contributed by atoms with Gasteiger partial charge in [-0.25, -0.2) is 8.78 Å². The van der Waals surface area contributed by atoms with E-state index in [0.717, 1.165) is 0 Å². The number of carboxylic acid groups (broad SMARTS) is 1. The number of carbonyl (C=O) groups is 2. The van der Waals surface area contributed by atoms with Crippen LogP contribution in [-0.2, 0) is 9.59 Å². The lowest BCUT2D eigenvalue weighted by atomic mass is 10.1. The van der Waals surface area contributed by atoms with Crippen LogP contribution in [0.25, 0.3) is 0 Å². The van der Waals surface area contributed by atoms with Gasteiger partial charge in [0.05, 0.1) is 5.41 Å². The van der Waals surface area contributed by atoms with E-state index in [4.69, 9.17) is 5.11 Å². The second-order valence-corrected chi connectivity index (χ2v) is 3.69. The third kappa shape index (κ3) is 2.25. The van der Waals surface area contributed by atoms with Crippen molar-refractivity contribution in [3.63, 3.8) is 0 Å². The fraction of sp³-hybridized carbons (Fsp3) is 0.750. The highest BCUT2D eigenvalue weighted by Crippen LogP contribution is 2.45. The van der Waals surface area contributed by atoms with Crippen molar-refractivity contribution in [3.8, 4) is 0 Å². The topological polar surface area (TPSA) is 66.4 Å². The van der Waals surface area contributed by atoms with Crippen LogP contribution < -0.4 is 5.32 Å². The van der Waals surface area contributed by atoms with Crippen molar-refractivity contribution in [2.75, 3.05) is 6.54 Å². The molecule has 0 unspecified atom stereocenters. The third-order valence-corrected chi connectivity index (χ3v) is 2.47. The quantitative estimate of drug-likeness (QED) is 0.704. The van der Waals surface area contributed by atoms with Crippen molar-refractivity contribution in [2.45, 2.75) is 25.2 Å². The molecular weight excluding hydrogens is 234 g/mol. The predicted molar refractivity (Wildman–Crippen MR) is 43.3 cm³/mol. The Kier molecular flexibility index (Phi) is 3.11. The van der Waals surface area contributed by atoms with Gasteiger partial charge in [-0.05, 0) is 12.8 Å². The van der Waals surface area contributed by atoms with Crippen LogP contribution in [0.2, 0.25) is 0 Å². The van der Waals surface area contributed by atoms with E-state index in [1.165, 1.54) is 5.32 Å². The highest BCUT2D eigenvalue weighted by Gasteiger charge is 2.53. The van der Waals surface area contributed by atoms with E-state index < -0.39 is 36.2 Å². The average molecular weight is 243 g/mol. The first-order valence-corrected chi connectivity index (χ1v) is 4.40. The summed E-state index contributed by atoms with van der Waals surface area (Å²) in [6, 6.07) is 0. The van der Waals surface area contributed by atoms with E-state index in [-0.39, 0.29) is 12.8 Å². The second-order valence-electron chi connectivity index (χ2n) is 3.69. The molecule has 1 fully saturated rings. The van der Waals surface area contributed by atoms with Crippen LogP contribution >= 0.6 is 0 Å². The summed E-state index contributed by atoms with van der Waals surface area (Å²) < 4.78 is 48.3. The summed E-state index contributed by atoms with van der Waals surface area (Å²) in [6.45, 7) is -0.552. The Morgan fingerprint density at radius 2 is 1.88 bits per heavy atom. The zero-order chi connectivity index (χ0) is 12.6. The van der Waals surface area contributed by atoms with E-state index in [0.29, 0.717) is 0 Å². The molecule has 92 valence electrons. The van der Waals surface area contributed by atoms with Crippen LogP contribution in [-0.4, -0.2) is 35.9 Å². The maximum atomic E-state index is 12.4. The number of hydrogen-bond donors (Lipinski definition) is 2. The molecule has 1 rings (SSSR count). The van der Waals surface area contributed by atoms with Gasteiger partial charge in [0.25, 0.3) is 5.91 Å². The van der Waals surface area contributed by atoms with Crippen molar-refractivity contribution >= 4 is 11.9 Å². The van der Waals surface area contributed by atoms with E-state index in [1.807, 2.05) is 0 Å². The normalized spacial score (nSPS) is 18.3. The molecule has 0 radical (unpaired) electrons. The summed E-state index contributed by atoms with van der Waals surface area (Å²) in [7, 11) is 0. The van der Waals surface area contributed by atoms with Crippen molar-refractivity contribution in [1.29, 1.82) is 0 Å². The maximum absolute atomic E-state index is 12.4. The molecule has 1 amide bonds. The highest BCUT2D eigenvalue weighted by atomic mass is 19.3. The Bertz CT molecular complexity index is 314.